The highest BCUT2D eigenvalue weighted by atomic mass is 16.4. The number of piperidine rings is 1. The zero-order valence-electron chi connectivity index (χ0n) is 12.5. The molecular formula is C18H19NO3. The monoisotopic (exact) mass is 297 g/mol. The van der Waals surface area contributed by atoms with Gasteiger partial charge in [-0.3, -0.25) is 9.59 Å². The van der Waals surface area contributed by atoms with Crippen LogP contribution in [0.3, 0.4) is 0 Å². The number of nitrogens with zero attached hydrogens (tertiary/aromatic N) is 1. The molecule has 4 nitrogen and oxygen atoms in total. The SMILES string of the molecule is C[C@@H]1[C@H](C(=O)O)CCCN1C(=O)c1ccc2ccccc2c1. The van der Waals surface area contributed by atoms with Crippen LogP contribution in [0.2, 0.25) is 0 Å². The number of benzene rings is 2. The van der Waals surface area contributed by atoms with Crippen molar-refractivity contribution in [2.75, 3.05) is 6.54 Å². The summed E-state index contributed by atoms with van der Waals surface area (Å²) in [4.78, 5) is 25.8. The summed E-state index contributed by atoms with van der Waals surface area (Å²) in [7, 11) is 0. The molecule has 0 spiro atoms. The number of carbonyl (C=O) groups is 2. The lowest BCUT2D eigenvalue weighted by atomic mass is 9.89. The Morgan fingerprint density at radius 1 is 1.14 bits per heavy atom. The molecule has 22 heavy (non-hydrogen) atoms. The molecular weight excluding hydrogens is 278 g/mol. The first-order valence-corrected chi connectivity index (χ1v) is 7.60. The number of hydrogen-bond acceptors (Lipinski definition) is 2. The molecule has 0 aliphatic carbocycles. The van der Waals surface area contributed by atoms with Crippen LogP contribution < -0.4 is 0 Å². The first-order valence-electron chi connectivity index (χ1n) is 7.60. The molecule has 1 aliphatic heterocycles. The maximum Gasteiger partial charge on any atom is 0.308 e. The Bertz CT molecular complexity index is 725. The van der Waals surface area contributed by atoms with E-state index in [4.69, 9.17) is 0 Å². The van der Waals surface area contributed by atoms with Crippen molar-refractivity contribution in [3.8, 4) is 0 Å². The van der Waals surface area contributed by atoms with Gasteiger partial charge < -0.3 is 10.0 Å². The van der Waals surface area contributed by atoms with Gasteiger partial charge in [-0.05, 0) is 42.7 Å². The van der Waals surface area contributed by atoms with Gasteiger partial charge in [-0.1, -0.05) is 30.3 Å². The van der Waals surface area contributed by atoms with Crippen LogP contribution in [-0.4, -0.2) is 34.5 Å². The number of carboxylic acid groups (broad SMARTS) is 1. The van der Waals surface area contributed by atoms with E-state index in [1.54, 1.807) is 4.90 Å². The number of rotatable bonds is 2. The third kappa shape index (κ3) is 2.56. The van der Waals surface area contributed by atoms with Gasteiger partial charge in [0.05, 0.1) is 5.92 Å². The normalized spacial score (nSPS) is 21.8. The molecule has 114 valence electrons. The Kier molecular flexibility index (Phi) is 3.84. The topological polar surface area (TPSA) is 57.6 Å². The number of fused-ring (bicyclic) bond motifs is 1. The molecule has 0 radical (unpaired) electrons. The van der Waals surface area contributed by atoms with E-state index >= 15 is 0 Å². The van der Waals surface area contributed by atoms with E-state index < -0.39 is 11.9 Å². The van der Waals surface area contributed by atoms with Crippen LogP contribution in [-0.2, 0) is 4.79 Å². The van der Waals surface area contributed by atoms with Gasteiger partial charge in [0.25, 0.3) is 5.91 Å². The second kappa shape index (κ2) is 5.79. The summed E-state index contributed by atoms with van der Waals surface area (Å²) in [5.74, 6) is -1.37. The molecule has 2 aromatic rings. The smallest absolute Gasteiger partial charge is 0.308 e. The Hall–Kier alpha value is -2.36. The molecule has 2 aromatic carbocycles. The summed E-state index contributed by atoms with van der Waals surface area (Å²) >= 11 is 0. The van der Waals surface area contributed by atoms with Crippen LogP contribution in [0.5, 0.6) is 0 Å². The fraction of sp³-hybridized carbons (Fsp3) is 0.333. The highest BCUT2D eigenvalue weighted by Crippen LogP contribution is 2.26. The van der Waals surface area contributed by atoms with Crippen molar-refractivity contribution in [2.24, 2.45) is 5.92 Å². The molecule has 2 atom stereocenters. The minimum Gasteiger partial charge on any atom is -0.481 e. The Morgan fingerprint density at radius 3 is 2.59 bits per heavy atom. The quantitative estimate of drug-likeness (QED) is 0.926. The van der Waals surface area contributed by atoms with Gasteiger partial charge in [-0.25, -0.2) is 0 Å². The van der Waals surface area contributed by atoms with Crippen molar-refractivity contribution < 1.29 is 14.7 Å². The van der Waals surface area contributed by atoms with Crippen LogP contribution >= 0.6 is 0 Å². The van der Waals surface area contributed by atoms with Crippen molar-refractivity contribution in [1.82, 2.24) is 4.90 Å². The summed E-state index contributed by atoms with van der Waals surface area (Å²) in [6, 6.07) is 13.3. The molecule has 1 N–H and O–H groups in total. The summed E-state index contributed by atoms with van der Waals surface area (Å²) in [5.41, 5.74) is 0.622. The van der Waals surface area contributed by atoms with E-state index in [0.29, 0.717) is 18.5 Å². The molecule has 0 unspecified atom stereocenters. The molecule has 1 heterocycles. The molecule has 1 fully saturated rings. The van der Waals surface area contributed by atoms with E-state index in [-0.39, 0.29) is 11.9 Å². The second-order valence-corrected chi connectivity index (χ2v) is 5.89. The molecule has 0 saturated carbocycles. The lowest BCUT2D eigenvalue weighted by Crippen LogP contribution is -2.49. The van der Waals surface area contributed by atoms with Crippen LogP contribution in [0.1, 0.15) is 30.1 Å². The third-order valence-electron chi connectivity index (χ3n) is 4.56. The Labute approximate surface area is 129 Å². The third-order valence-corrected chi connectivity index (χ3v) is 4.56. The van der Waals surface area contributed by atoms with Gasteiger partial charge in [0.15, 0.2) is 0 Å². The van der Waals surface area contributed by atoms with Crippen LogP contribution in [0.25, 0.3) is 10.8 Å². The first kappa shape index (κ1) is 14.6. The van der Waals surface area contributed by atoms with E-state index in [2.05, 4.69) is 0 Å². The van der Waals surface area contributed by atoms with Gasteiger partial charge in [0, 0.05) is 18.2 Å². The molecule has 3 rings (SSSR count). The average molecular weight is 297 g/mol. The molecule has 0 bridgehead atoms. The van der Waals surface area contributed by atoms with Gasteiger partial charge in [0.1, 0.15) is 0 Å². The number of amides is 1. The van der Waals surface area contributed by atoms with Crippen molar-refractivity contribution in [1.29, 1.82) is 0 Å². The van der Waals surface area contributed by atoms with Crippen LogP contribution in [0.4, 0.5) is 0 Å². The van der Waals surface area contributed by atoms with Crippen LogP contribution in [0, 0.1) is 5.92 Å². The number of likely N-dealkylation sites (tertiary alicyclic amines) is 1. The largest absolute Gasteiger partial charge is 0.481 e. The predicted octanol–water partition coefficient (Wildman–Crippen LogP) is 3.17. The Balaban J connectivity index is 1.89. The second-order valence-electron chi connectivity index (χ2n) is 5.89. The van der Waals surface area contributed by atoms with Crippen molar-refractivity contribution >= 4 is 22.6 Å². The summed E-state index contributed by atoms with van der Waals surface area (Å²) in [5, 5.41) is 11.4. The fourth-order valence-corrected chi connectivity index (χ4v) is 3.25. The zero-order valence-corrected chi connectivity index (χ0v) is 12.5. The molecule has 1 amide bonds. The number of carboxylic acids is 1. The summed E-state index contributed by atoms with van der Waals surface area (Å²) in [6.45, 7) is 2.45. The van der Waals surface area contributed by atoms with Gasteiger partial charge in [-0.15, -0.1) is 0 Å². The number of hydrogen-bond donors (Lipinski definition) is 1. The average Bonchev–Trinajstić information content (AvgIpc) is 2.53. The minimum atomic E-state index is -0.816. The highest BCUT2D eigenvalue weighted by Gasteiger charge is 2.35. The number of carbonyl (C=O) groups excluding carboxylic acids is 1. The summed E-state index contributed by atoms with van der Waals surface area (Å²) in [6.07, 6.45) is 1.37. The van der Waals surface area contributed by atoms with Crippen molar-refractivity contribution in [3.05, 3.63) is 48.0 Å². The van der Waals surface area contributed by atoms with E-state index in [9.17, 15) is 14.7 Å². The number of aliphatic carboxylic acids is 1. The fourth-order valence-electron chi connectivity index (χ4n) is 3.25. The van der Waals surface area contributed by atoms with Gasteiger partial charge in [-0.2, -0.15) is 0 Å². The van der Waals surface area contributed by atoms with Crippen molar-refractivity contribution in [2.45, 2.75) is 25.8 Å². The van der Waals surface area contributed by atoms with E-state index in [1.165, 1.54) is 0 Å². The maximum atomic E-state index is 12.8. The minimum absolute atomic E-state index is 0.0794. The van der Waals surface area contributed by atoms with Crippen LogP contribution in [0.15, 0.2) is 42.5 Å². The lowest BCUT2D eigenvalue weighted by Gasteiger charge is -2.37. The van der Waals surface area contributed by atoms with Crippen molar-refractivity contribution in [3.63, 3.8) is 0 Å². The highest BCUT2D eigenvalue weighted by molar-refractivity contribution is 5.99. The first-order chi connectivity index (χ1) is 10.6. The standard InChI is InChI=1S/C18H19NO3/c1-12-16(18(21)22)7-4-10-19(12)17(20)15-9-8-13-5-2-3-6-14(13)11-15/h2-3,5-6,8-9,11-12,16H,4,7,10H2,1H3,(H,21,22)/t12-,16-/m1/s1. The van der Waals surface area contributed by atoms with Gasteiger partial charge >= 0.3 is 5.97 Å². The molecule has 0 aromatic heterocycles. The maximum absolute atomic E-state index is 12.8. The Morgan fingerprint density at radius 2 is 1.86 bits per heavy atom. The van der Waals surface area contributed by atoms with E-state index in [1.807, 2.05) is 49.4 Å². The van der Waals surface area contributed by atoms with Gasteiger partial charge in [0.2, 0.25) is 0 Å². The predicted molar refractivity (Wildman–Crippen MR) is 84.8 cm³/mol. The zero-order chi connectivity index (χ0) is 15.7. The molecule has 4 heteroatoms. The summed E-state index contributed by atoms with van der Waals surface area (Å²) < 4.78 is 0. The lowest BCUT2D eigenvalue weighted by molar-refractivity contribution is -0.144. The molecule has 1 saturated heterocycles. The molecule has 1 aliphatic rings. The van der Waals surface area contributed by atoms with E-state index in [0.717, 1.165) is 17.2 Å².